The molecule has 0 aliphatic heterocycles. The average Bonchev–Trinajstić information content (AvgIpc) is 2.07. The molecule has 1 heteroatoms. The van der Waals surface area contributed by atoms with Gasteiger partial charge in [0.15, 0.2) is 0 Å². The molecule has 0 aromatic heterocycles. The van der Waals surface area contributed by atoms with Gasteiger partial charge in [0.05, 0.1) is 0 Å². The molecule has 1 aromatic carbocycles. The zero-order valence-corrected chi connectivity index (χ0v) is 7.83. The second-order valence-corrected chi connectivity index (χ2v) is 3.18. The van der Waals surface area contributed by atoms with Crippen molar-refractivity contribution in [1.82, 2.24) is 4.90 Å². The van der Waals surface area contributed by atoms with Gasteiger partial charge < -0.3 is 4.90 Å². The Bertz CT molecular complexity index is 216. The van der Waals surface area contributed by atoms with Crippen LogP contribution in [0.25, 0.3) is 0 Å². The van der Waals surface area contributed by atoms with Gasteiger partial charge in [0.2, 0.25) is 0 Å². The first kappa shape index (κ1) is 9.27. The van der Waals surface area contributed by atoms with Crippen molar-refractivity contribution in [2.24, 2.45) is 0 Å². The van der Waals surface area contributed by atoms with Gasteiger partial charge in [-0.1, -0.05) is 37.3 Å². The maximum absolute atomic E-state index is 3.94. The van der Waals surface area contributed by atoms with Crippen LogP contribution in [0.1, 0.15) is 18.0 Å². The van der Waals surface area contributed by atoms with Crippen molar-refractivity contribution in [3.8, 4) is 0 Å². The maximum Gasteiger partial charge on any atom is 0.0342 e. The van der Waals surface area contributed by atoms with E-state index >= 15 is 0 Å². The van der Waals surface area contributed by atoms with Crippen molar-refractivity contribution in [3.63, 3.8) is 0 Å². The molecule has 0 heterocycles. The van der Waals surface area contributed by atoms with Gasteiger partial charge in [-0.05, 0) is 26.1 Å². The minimum Gasteiger partial charge on any atom is -0.302 e. The van der Waals surface area contributed by atoms with Crippen LogP contribution in [-0.4, -0.2) is 19.0 Å². The van der Waals surface area contributed by atoms with E-state index in [-0.39, 0.29) is 0 Å². The molecule has 1 radical (unpaired) electrons. The van der Waals surface area contributed by atoms with E-state index in [1.807, 2.05) is 6.07 Å². The molecule has 1 nitrogen and oxygen atoms in total. The largest absolute Gasteiger partial charge is 0.302 e. The minimum atomic E-state index is 0.450. The highest BCUT2D eigenvalue weighted by atomic mass is 15.1. The molecule has 1 aromatic rings. The Morgan fingerprint density at radius 3 is 2.25 bits per heavy atom. The van der Waals surface area contributed by atoms with Gasteiger partial charge in [0.25, 0.3) is 0 Å². The van der Waals surface area contributed by atoms with Gasteiger partial charge in [-0.15, -0.1) is 0 Å². The molecule has 0 bridgehead atoms. The van der Waals surface area contributed by atoms with Crippen LogP contribution < -0.4 is 0 Å². The van der Waals surface area contributed by atoms with Crippen LogP contribution >= 0.6 is 0 Å². The number of benzene rings is 1. The van der Waals surface area contributed by atoms with E-state index in [1.165, 1.54) is 5.56 Å². The summed E-state index contributed by atoms with van der Waals surface area (Å²) in [5, 5.41) is 0. The lowest BCUT2D eigenvalue weighted by atomic mass is 10.0. The van der Waals surface area contributed by atoms with Gasteiger partial charge in [-0.25, -0.2) is 0 Å². The smallest absolute Gasteiger partial charge is 0.0342 e. The molecule has 12 heavy (non-hydrogen) atoms. The summed E-state index contributed by atoms with van der Waals surface area (Å²) in [7, 11) is 4.17. The monoisotopic (exact) mass is 162 g/mol. The summed E-state index contributed by atoms with van der Waals surface area (Å²) in [6.45, 7) is 3.94. The summed E-state index contributed by atoms with van der Waals surface area (Å²) in [5.74, 6) is 0. The highest BCUT2D eigenvalue weighted by Gasteiger charge is 2.09. The zero-order valence-electron chi connectivity index (χ0n) is 7.83. The maximum atomic E-state index is 3.94. The summed E-state index contributed by atoms with van der Waals surface area (Å²) < 4.78 is 0. The fourth-order valence-corrected chi connectivity index (χ4v) is 1.40. The fourth-order valence-electron chi connectivity index (χ4n) is 1.40. The summed E-state index contributed by atoms with van der Waals surface area (Å²) in [6, 6.07) is 10.9. The van der Waals surface area contributed by atoms with Crippen molar-refractivity contribution >= 4 is 0 Å². The predicted octanol–water partition coefficient (Wildman–Crippen LogP) is 2.51. The van der Waals surface area contributed by atoms with Crippen LogP contribution in [-0.2, 0) is 0 Å². The lowest BCUT2D eigenvalue weighted by Crippen LogP contribution is -2.18. The van der Waals surface area contributed by atoms with Crippen LogP contribution in [0.15, 0.2) is 30.3 Å². The molecule has 0 spiro atoms. The Kier molecular flexibility index (Phi) is 3.30. The SMILES string of the molecule is [CH2]C[C@@H](c1ccccc1)N(C)C. The summed E-state index contributed by atoms with van der Waals surface area (Å²) in [4.78, 5) is 2.20. The number of hydrogen-bond acceptors (Lipinski definition) is 1. The van der Waals surface area contributed by atoms with E-state index in [1.54, 1.807) is 0 Å². The van der Waals surface area contributed by atoms with Gasteiger partial charge in [-0.2, -0.15) is 0 Å². The van der Waals surface area contributed by atoms with Crippen molar-refractivity contribution in [3.05, 3.63) is 42.8 Å². The summed E-state index contributed by atoms with van der Waals surface area (Å²) >= 11 is 0. The summed E-state index contributed by atoms with van der Waals surface area (Å²) in [5.41, 5.74) is 1.34. The number of rotatable bonds is 3. The summed E-state index contributed by atoms with van der Waals surface area (Å²) in [6.07, 6.45) is 0.914. The molecule has 65 valence electrons. The molecule has 0 amide bonds. The Hall–Kier alpha value is -0.820. The molecule has 0 unspecified atom stereocenters. The van der Waals surface area contributed by atoms with Gasteiger partial charge >= 0.3 is 0 Å². The van der Waals surface area contributed by atoms with E-state index in [2.05, 4.69) is 50.2 Å². The van der Waals surface area contributed by atoms with Crippen molar-refractivity contribution in [1.29, 1.82) is 0 Å². The Labute approximate surface area is 75.0 Å². The van der Waals surface area contributed by atoms with E-state index in [4.69, 9.17) is 0 Å². The number of nitrogens with zero attached hydrogens (tertiary/aromatic N) is 1. The Morgan fingerprint density at radius 1 is 1.25 bits per heavy atom. The van der Waals surface area contributed by atoms with Crippen LogP contribution in [0.5, 0.6) is 0 Å². The second kappa shape index (κ2) is 4.27. The van der Waals surface area contributed by atoms with Crippen LogP contribution in [0, 0.1) is 6.92 Å². The molecular weight excluding hydrogens is 146 g/mol. The lowest BCUT2D eigenvalue weighted by molar-refractivity contribution is 0.300. The third-order valence-corrected chi connectivity index (χ3v) is 2.08. The number of hydrogen-bond donors (Lipinski definition) is 0. The standard InChI is InChI=1S/C11H16N/c1-4-11(12(2)3)10-8-6-5-7-9-10/h5-9,11H,1,4H2,2-3H3/t11-/m0/s1. The van der Waals surface area contributed by atoms with Crippen molar-refractivity contribution in [2.45, 2.75) is 12.5 Å². The predicted molar refractivity (Wildman–Crippen MR) is 52.8 cm³/mol. The van der Waals surface area contributed by atoms with Crippen LogP contribution in [0.4, 0.5) is 0 Å². The first-order valence-corrected chi connectivity index (χ1v) is 4.26. The molecule has 1 rings (SSSR count). The van der Waals surface area contributed by atoms with Crippen LogP contribution in [0.2, 0.25) is 0 Å². The van der Waals surface area contributed by atoms with E-state index in [9.17, 15) is 0 Å². The normalized spacial score (nSPS) is 13.3. The van der Waals surface area contributed by atoms with Gasteiger partial charge in [0.1, 0.15) is 0 Å². The lowest BCUT2D eigenvalue weighted by Gasteiger charge is -2.22. The first-order chi connectivity index (χ1) is 5.75. The van der Waals surface area contributed by atoms with E-state index in [0.717, 1.165) is 6.42 Å². The highest BCUT2D eigenvalue weighted by molar-refractivity contribution is 5.18. The molecule has 0 aliphatic rings. The average molecular weight is 162 g/mol. The van der Waals surface area contributed by atoms with E-state index in [0.29, 0.717) is 6.04 Å². The Balaban J connectivity index is 2.80. The molecular formula is C11H16N. The molecule has 0 aliphatic carbocycles. The van der Waals surface area contributed by atoms with Gasteiger partial charge in [-0.3, -0.25) is 0 Å². The molecule has 0 saturated carbocycles. The Morgan fingerprint density at radius 2 is 1.83 bits per heavy atom. The zero-order chi connectivity index (χ0) is 8.97. The van der Waals surface area contributed by atoms with Crippen molar-refractivity contribution < 1.29 is 0 Å². The second-order valence-electron chi connectivity index (χ2n) is 3.18. The highest BCUT2D eigenvalue weighted by Crippen LogP contribution is 2.20. The topological polar surface area (TPSA) is 3.24 Å². The molecule has 0 fully saturated rings. The molecule has 1 atom stereocenters. The van der Waals surface area contributed by atoms with E-state index < -0.39 is 0 Å². The van der Waals surface area contributed by atoms with Crippen molar-refractivity contribution in [2.75, 3.05) is 14.1 Å². The van der Waals surface area contributed by atoms with Crippen LogP contribution in [0.3, 0.4) is 0 Å². The molecule has 0 N–H and O–H groups in total. The molecule has 0 saturated heterocycles. The third-order valence-electron chi connectivity index (χ3n) is 2.08. The minimum absolute atomic E-state index is 0.450. The first-order valence-electron chi connectivity index (χ1n) is 4.26. The third kappa shape index (κ3) is 2.08. The fraction of sp³-hybridized carbons (Fsp3) is 0.364. The van der Waals surface area contributed by atoms with Gasteiger partial charge in [0, 0.05) is 6.04 Å². The quantitative estimate of drug-likeness (QED) is 0.660.